The summed E-state index contributed by atoms with van der Waals surface area (Å²) in [7, 11) is 0. The molecular weight excluding hydrogens is 374 g/mol. The van der Waals surface area contributed by atoms with E-state index in [-0.39, 0.29) is 78.6 Å². The van der Waals surface area contributed by atoms with Crippen LogP contribution in [0.2, 0.25) is 0 Å². The van der Waals surface area contributed by atoms with Gasteiger partial charge in [-0.25, -0.2) is 0 Å². The van der Waals surface area contributed by atoms with E-state index in [1.807, 2.05) is 13.8 Å². The van der Waals surface area contributed by atoms with Crippen molar-refractivity contribution in [2.24, 2.45) is 0 Å². The fourth-order valence-electron chi connectivity index (χ4n) is 0.397. The van der Waals surface area contributed by atoms with Crippen LogP contribution in [0.25, 0.3) is 0 Å². The van der Waals surface area contributed by atoms with Crippen molar-refractivity contribution in [1.82, 2.24) is 14.8 Å². The van der Waals surface area contributed by atoms with Crippen molar-refractivity contribution in [2.45, 2.75) is 19.9 Å². The van der Waals surface area contributed by atoms with Crippen LogP contribution in [-0.2, 0) is 20.4 Å². The number of nitrogens with zero attached hydrogens (tertiary/aromatic N) is 3. The van der Waals surface area contributed by atoms with Crippen LogP contribution in [0.1, 0.15) is 19.9 Å². The molecule has 0 N–H and O–H groups in total. The van der Waals surface area contributed by atoms with E-state index < -0.39 is 0 Å². The van der Waals surface area contributed by atoms with E-state index in [1.165, 1.54) is 0 Å². The quantitative estimate of drug-likeness (QED) is 0.503. The number of hydrogen-bond acceptors (Lipinski definition) is 2. The largest absolute Gasteiger partial charge is 1.00 e. The summed E-state index contributed by atoms with van der Waals surface area (Å²) in [5, 5.41) is 3.74. The van der Waals surface area contributed by atoms with Gasteiger partial charge in [-0.3, -0.25) is 6.33 Å². The summed E-state index contributed by atoms with van der Waals surface area (Å²) in [5.74, 6) is 0. The molecule has 51 valence electrons. The summed E-state index contributed by atoms with van der Waals surface area (Å²) in [4.78, 5) is 3.55. The molecule has 0 amide bonds. The molecule has 0 unspecified atom stereocenters. The van der Waals surface area contributed by atoms with E-state index in [1.54, 1.807) is 4.68 Å². The average molecular weight is 381 g/mol. The van der Waals surface area contributed by atoms with Gasteiger partial charge in [0.05, 0.1) is 0 Å². The van der Waals surface area contributed by atoms with Crippen molar-refractivity contribution >= 4 is 0 Å². The van der Waals surface area contributed by atoms with Gasteiger partial charge in [0.25, 0.3) is 0 Å². The maximum atomic E-state index is 3.74. The predicted molar refractivity (Wildman–Crippen MR) is 28.1 cm³/mol. The first-order valence-electron chi connectivity index (χ1n) is 2.51. The van der Waals surface area contributed by atoms with Gasteiger partial charge >= 0.3 is 58.2 Å². The van der Waals surface area contributed by atoms with Gasteiger partial charge in [-0.1, -0.05) is 0 Å². The molecular formula is C5H7N3RbRe-. The summed E-state index contributed by atoms with van der Waals surface area (Å²) in [5.41, 5.74) is 0. The molecule has 0 fully saturated rings. The fourth-order valence-corrected chi connectivity index (χ4v) is 0.397. The molecule has 1 aromatic heterocycles. The van der Waals surface area contributed by atoms with Crippen molar-refractivity contribution < 1.29 is 78.6 Å². The standard InChI is InChI=1S/C5H7N3.Rb.Re/c1-5(2)8-4-6-3-7-8;;/h5H,1-2H3;;/q-2;+1;. The second-order valence-electron chi connectivity index (χ2n) is 1.85. The van der Waals surface area contributed by atoms with Gasteiger partial charge in [0.15, 0.2) is 0 Å². The molecule has 5 heteroatoms. The summed E-state index contributed by atoms with van der Waals surface area (Å²) >= 11 is 0. The first-order valence-corrected chi connectivity index (χ1v) is 2.51. The minimum atomic E-state index is 0. The Bertz CT molecular complexity index is 152. The van der Waals surface area contributed by atoms with Gasteiger partial charge in [-0.2, -0.15) is 0 Å². The summed E-state index contributed by atoms with van der Waals surface area (Å²) < 4.78 is 1.62. The molecule has 1 aromatic rings. The SMILES string of the molecule is CC(C)n1[c-]n[c-]n1.[Rb+].[Re]. The Hall–Kier alpha value is 1.61. The van der Waals surface area contributed by atoms with Crippen molar-refractivity contribution in [3.63, 3.8) is 0 Å². The van der Waals surface area contributed by atoms with Crippen molar-refractivity contribution in [2.75, 3.05) is 0 Å². The van der Waals surface area contributed by atoms with E-state index in [2.05, 4.69) is 22.7 Å². The van der Waals surface area contributed by atoms with E-state index in [0.717, 1.165) is 0 Å². The summed E-state index contributed by atoms with van der Waals surface area (Å²) in [6.45, 7) is 4.03. The average Bonchev–Trinajstić information content (AvgIpc) is 2.12. The number of hydrogen-bond donors (Lipinski definition) is 0. The van der Waals surface area contributed by atoms with Gasteiger partial charge in [-0.15, -0.1) is 0 Å². The van der Waals surface area contributed by atoms with E-state index in [4.69, 9.17) is 0 Å². The molecule has 0 saturated heterocycles. The Kier molecular flexibility index (Phi) is 10.3. The Morgan fingerprint density at radius 3 is 2.20 bits per heavy atom. The molecule has 0 spiro atoms. The molecule has 3 nitrogen and oxygen atoms in total. The zero-order valence-corrected chi connectivity index (χ0v) is 13.9. The Morgan fingerprint density at radius 1 is 1.40 bits per heavy atom. The second kappa shape index (κ2) is 7.27. The molecule has 1 rings (SSSR count). The zero-order chi connectivity index (χ0) is 5.98. The molecule has 1 heterocycles. The van der Waals surface area contributed by atoms with Crippen LogP contribution in [0.4, 0.5) is 0 Å². The topological polar surface area (TPSA) is 30.7 Å². The van der Waals surface area contributed by atoms with E-state index >= 15 is 0 Å². The first-order chi connectivity index (χ1) is 3.80. The molecule has 0 aromatic carbocycles. The van der Waals surface area contributed by atoms with Crippen molar-refractivity contribution in [3.05, 3.63) is 12.7 Å². The third kappa shape index (κ3) is 4.48. The molecule has 10 heavy (non-hydrogen) atoms. The monoisotopic (exact) mass is 381 g/mol. The fraction of sp³-hybridized carbons (Fsp3) is 0.600. The molecule has 0 bridgehead atoms. The maximum absolute atomic E-state index is 3.74. The van der Waals surface area contributed by atoms with Gasteiger partial charge < -0.3 is 21.1 Å². The van der Waals surface area contributed by atoms with Crippen LogP contribution < -0.4 is 58.2 Å². The van der Waals surface area contributed by atoms with Gasteiger partial charge in [-0.05, 0) is 13.8 Å². The second-order valence-corrected chi connectivity index (χ2v) is 1.85. The van der Waals surface area contributed by atoms with E-state index in [9.17, 15) is 0 Å². The molecule has 0 aliphatic heterocycles. The zero-order valence-electron chi connectivity index (χ0n) is 6.30. The molecule has 0 aliphatic rings. The smallest absolute Gasteiger partial charge is 0.638 e. The summed E-state index contributed by atoms with van der Waals surface area (Å²) in [6, 6.07) is 0.341. The van der Waals surface area contributed by atoms with Crippen molar-refractivity contribution in [3.8, 4) is 0 Å². The normalized spacial score (nSPS) is 8.30. The number of rotatable bonds is 1. The Labute approximate surface area is 123 Å². The third-order valence-corrected chi connectivity index (χ3v) is 0.844. The van der Waals surface area contributed by atoms with Gasteiger partial charge in [0, 0.05) is 26.5 Å². The Morgan fingerprint density at radius 2 is 2.00 bits per heavy atom. The van der Waals surface area contributed by atoms with E-state index in [0.29, 0.717) is 6.04 Å². The predicted octanol–water partition coefficient (Wildman–Crippen LogP) is -2.54. The summed E-state index contributed by atoms with van der Waals surface area (Å²) in [6.07, 6.45) is 5.06. The third-order valence-electron chi connectivity index (χ3n) is 0.844. The van der Waals surface area contributed by atoms with Gasteiger partial charge in [0.2, 0.25) is 0 Å². The molecule has 0 saturated carbocycles. The van der Waals surface area contributed by atoms with Crippen LogP contribution in [0.5, 0.6) is 0 Å². The van der Waals surface area contributed by atoms with Crippen molar-refractivity contribution in [1.29, 1.82) is 0 Å². The maximum Gasteiger partial charge on any atom is 1.00 e. The molecule has 0 atom stereocenters. The minimum absolute atomic E-state index is 0. The van der Waals surface area contributed by atoms with Crippen LogP contribution >= 0.6 is 0 Å². The first kappa shape index (κ1) is 14.1. The van der Waals surface area contributed by atoms with Crippen LogP contribution in [0, 0.1) is 12.7 Å². The minimum Gasteiger partial charge on any atom is -0.638 e. The van der Waals surface area contributed by atoms with Crippen LogP contribution in [-0.4, -0.2) is 14.8 Å². The molecule has 0 aliphatic carbocycles. The van der Waals surface area contributed by atoms with Gasteiger partial charge in [0.1, 0.15) is 0 Å². The van der Waals surface area contributed by atoms with Crippen LogP contribution in [0.15, 0.2) is 0 Å². The van der Waals surface area contributed by atoms with Crippen LogP contribution in [0.3, 0.4) is 0 Å². The number of aromatic nitrogens is 3. The molecule has 1 radical (unpaired) electrons. The Balaban J connectivity index is 0.